The molecule has 2 aromatic carbocycles. The minimum Gasteiger partial charge on any atom is -0.497 e. The van der Waals surface area contributed by atoms with Gasteiger partial charge in [-0.05, 0) is 47.9 Å². The number of rotatable bonds is 6. The summed E-state index contributed by atoms with van der Waals surface area (Å²) in [6.07, 6.45) is 3.71. The number of amides is 1. The average Bonchev–Trinajstić information content (AvgIpc) is 3.04. The summed E-state index contributed by atoms with van der Waals surface area (Å²) in [5, 5.41) is 0. The number of hydrogen-bond donors (Lipinski definition) is 0. The molecule has 0 unspecified atom stereocenters. The van der Waals surface area contributed by atoms with E-state index in [4.69, 9.17) is 4.74 Å². The number of nitrogens with zero attached hydrogens (tertiary/aromatic N) is 1. The Kier molecular flexibility index (Phi) is 6.57. The van der Waals surface area contributed by atoms with E-state index in [1.165, 1.54) is 6.08 Å². The van der Waals surface area contributed by atoms with Gasteiger partial charge in [0.1, 0.15) is 5.75 Å². The van der Waals surface area contributed by atoms with Crippen LogP contribution in [0.2, 0.25) is 0 Å². The third-order valence-corrected chi connectivity index (χ3v) is 6.95. The van der Waals surface area contributed by atoms with Gasteiger partial charge in [-0.25, -0.2) is 8.42 Å². The first-order valence-corrected chi connectivity index (χ1v) is 11.6. The second kappa shape index (κ2) is 8.92. The number of carbonyl (C=O) groups excluding carboxylic acids is 1. The van der Waals surface area contributed by atoms with Crippen LogP contribution in [-0.4, -0.2) is 43.9 Å². The van der Waals surface area contributed by atoms with Crippen molar-refractivity contribution in [2.45, 2.75) is 19.0 Å². The fraction of sp³-hybridized carbons (Fsp3) is 0.286. The maximum atomic E-state index is 12.9. The van der Waals surface area contributed by atoms with Gasteiger partial charge in [0.2, 0.25) is 5.91 Å². The van der Waals surface area contributed by atoms with Crippen LogP contribution in [0, 0.1) is 0 Å². The highest BCUT2D eigenvalue weighted by Gasteiger charge is 2.34. The lowest BCUT2D eigenvalue weighted by Crippen LogP contribution is -2.39. The fourth-order valence-corrected chi connectivity index (χ4v) is 5.40. The van der Waals surface area contributed by atoms with E-state index in [-0.39, 0.29) is 23.5 Å². The highest BCUT2D eigenvalue weighted by atomic mass is 79.9. The molecule has 3 rings (SSSR count). The molecule has 7 heteroatoms. The molecule has 28 heavy (non-hydrogen) atoms. The van der Waals surface area contributed by atoms with E-state index in [0.29, 0.717) is 13.0 Å². The molecule has 1 aliphatic rings. The van der Waals surface area contributed by atoms with E-state index in [1.807, 2.05) is 48.5 Å². The Hall–Kier alpha value is -2.12. The highest BCUT2D eigenvalue weighted by molar-refractivity contribution is 9.10. The van der Waals surface area contributed by atoms with Crippen LogP contribution in [0.1, 0.15) is 17.5 Å². The van der Waals surface area contributed by atoms with Crippen molar-refractivity contribution in [3.05, 3.63) is 70.2 Å². The third kappa shape index (κ3) is 5.45. The molecule has 0 radical (unpaired) electrons. The average molecular weight is 464 g/mol. The zero-order valence-electron chi connectivity index (χ0n) is 15.5. The lowest BCUT2D eigenvalue weighted by Gasteiger charge is -2.27. The van der Waals surface area contributed by atoms with Gasteiger partial charge in [0.05, 0.1) is 18.6 Å². The van der Waals surface area contributed by atoms with E-state index in [1.54, 1.807) is 18.1 Å². The lowest BCUT2D eigenvalue weighted by molar-refractivity contribution is -0.128. The molecule has 1 atom stereocenters. The van der Waals surface area contributed by atoms with Crippen LogP contribution in [-0.2, 0) is 21.2 Å². The predicted octanol–water partition coefficient (Wildman–Crippen LogP) is 3.69. The second-order valence-corrected chi connectivity index (χ2v) is 9.90. The van der Waals surface area contributed by atoms with Gasteiger partial charge in [0.15, 0.2) is 9.84 Å². The smallest absolute Gasteiger partial charge is 0.247 e. The standard InChI is InChI=1S/C21H22BrNO4S/c1-27-20-8-5-16(6-9-20)7-10-21(24)23(19-11-12-28(25,26)15-19)14-17-3-2-4-18(22)13-17/h2-10,13,19H,11-12,14-15H2,1H3/b10-7+/t19-/m0/s1. The molecule has 0 bridgehead atoms. The van der Waals surface area contributed by atoms with Crippen molar-refractivity contribution >= 4 is 37.8 Å². The quantitative estimate of drug-likeness (QED) is 0.612. The number of hydrogen-bond acceptors (Lipinski definition) is 4. The molecular formula is C21H22BrNO4S. The van der Waals surface area contributed by atoms with Crippen LogP contribution in [0.5, 0.6) is 5.75 Å². The summed E-state index contributed by atoms with van der Waals surface area (Å²) in [7, 11) is -1.49. The van der Waals surface area contributed by atoms with Crippen molar-refractivity contribution in [2.24, 2.45) is 0 Å². The summed E-state index contributed by atoms with van der Waals surface area (Å²) < 4.78 is 29.9. The van der Waals surface area contributed by atoms with E-state index in [2.05, 4.69) is 15.9 Å². The molecule has 1 aliphatic heterocycles. The molecule has 0 N–H and O–H groups in total. The van der Waals surface area contributed by atoms with E-state index < -0.39 is 9.84 Å². The minimum atomic E-state index is -3.09. The molecule has 2 aromatic rings. The molecule has 1 heterocycles. The van der Waals surface area contributed by atoms with Crippen molar-refractivity contribution in [3.63, 3.8) is 0 Å². The summed E-state index contributed by atoms with van der Waals surface area (Å²) in [6, 6.07) is 14.8. The molecule has 148 valence electrons. The first kappa shape index (κ1) is 20.6. The van der Waals surface area contributed by atoms with Crippen molar-refractivity contribution in [1.82, 2.24) is 4.90 Å². The summed E-state index contributed by atoms with van der Waals surface area (Å²) in [5.41, 5.74) is 1.82. The monoisotopic (exact) mass is 463 g/mol. The van der Waals surface area contributed by atoms with E-state index in [0.717, 1.165) is 21.3 Å². The Morgan fingerprint density at radius 3 is 2.61 bits per heavy atom. The van der Waals surface area contributed by atoms with E-state index >= 15 is 0 Å². The van der Waals surface area contributed by atoms with Crippen molar-refractivity contribution < 1.29 is 17.9 Å². The molecule has 0 saturated carbocycles. The van der Waals surface area contributed by atoms with Crippen LogP contribution in [0.25, 0.3) is 6.08 Å². The second-order valence-electron chi connectivity index (χ2n) is 6.76. The molecule has 5 nitrogen and oxygen atoms in total. The van der Waals surface area contributed by atoms with Gasteiger partial charge in [0, 0.05) is 23.1 Å². The Morgan fingerprint density at radius 2 is 2.00 bits per heavy atom. The summed E-state index contributed by atoms with van der Waals surface area (Å²) in [5.74, 6) is 0.694. The van der Waals surface area contributed by atoms with Crippen molar-refractivity contribution in [2.75, 3.05) is 18.6 Å². The third-order valence-electron chi connectivity index (χ3n) is 4.71. The number of methoxy groups -OCH3 is 1. The molecule has 1 fully saturated rings. The molecule has 0 aromatic heterocycles. The number of carbonyl (C=O) groups is 1. The van der Waals surface area contributed by atoms with Crippen LogP contribution < -0.4 is 4.74 Å². The van der Waals surface area contributed by atoms with Gasteiger partial charge < -0.3 is 9.64 Å². The first-order valence-electron chi connectivity index (χ1n) is 8.94. The Balaban J connectivity index is 1.80. The SMILES string of the molecule is COc1ccc(/C=C/C(=O)N(Cc2cccc(Br)c2)[C@H]2CCS(=O)(=O)C2)cc1. The van der Waals surface area contributed by atoms with Crippen LogP contribution in [0.15, 0.2) is 59.1 Å². The maximum absolute atomic E-state index is 12.9. The van der Waals surface area contributed by atoms with Crippen LogP contribution in [0.4, 0.5) is 0 Å². The first-order chi connectivity index (χ1) is 13.4. The summed E-state index contributed by atoms with van der Waals surface area (Å²) in [6.45, 7) is 0.366. The summed E-state index contributed by atoms with van der Waals surface area (Å²) in [4.78, 5) is 14.6. The molecule has 1 amide bonds. The lowest BCUT2D eigenvalue weighted by atomic mass is 10.1. The van der Waals surface area contributed by atoms with Gasteiger partial charge in [-0.15, -0.1) is 0 Å². The van der Waals surface area contributed by atoms with Crippen molar-refractivity contribution in [1.29, 1.82) is 0 Å². The zero-order valence-corrected chi connectivity index (χ0v) is 17.9. The topological polar surface area (TPSA) is 63.7 Å². The van der Waals surface area contributed by atoms with Crippen molar-refractivity contribution in [3.8, 4) is 5.75 Å². The largest absolute Gasteiger partial charge is 0.497 e. The van der Waals surface area contributed by atoms with Gasteiger partial charge >= 0.3 is 0 Å². The van der Waals surface area contributed by atoms with Crippen LogP contribution in [0.3, 0.4) is 0 Å². The number of ether oxygens (including phenoxy) is 1. The molecule has 0 spiro atoms. The number of halogens is 1. The fourth-order valence-electron chi connectivity index (χ4n) is 3.22. The Morgan fingerprint density at radius 1 is 1.25 bits per heavy atom. The molecular weight excluding hydrogens is 442 g/mol. The van der Waals surface area contributed by atoms with Gasteiger partial charge in [0.25, 0.3) is 0 Å². The minimum absolute atomic E-state index is 0.0170. The highest BCUT2D eigenvalue weighted by Crippen LogP contribution is 2.22. The van der Waals surface area contributed by atoms with Gasteiger partial charge in [-0.3, -0.25) is 4.79 Å². The zero-order chi connectivity index (χ0) is 20.1. The van der Waals surface area contributed by atoms with Gasteiger partial charge in [-0.2, -0.15) is 0 Å². The Labute approximate surface area is 174 Å². The molecule has 0 aliphatic carbocycles. The normalized spacial score (nSPS) is 18.3. The predicted molar refractivity (Wildman–Crippen MR) is 114 cm³/mol. The maximum Gasteiger partial charge on any atom is 0.247 e. The summed E-state index contributed by atoms with van der Waals surface area (Å²) >= 11 is 3.44. The molecule has 1 saturated heterocycles. The van der Waals surface area contributed by atoms with E-state index in [9.17, 15) is 13.2 Å². The number of benzene rings is 2. The Bertz CT molecular complexity index is 970. The van der Waals surface area contributed by atoms with Gasteiger partial charge in [-0.1, -0.05) is 40.2 Å². The van der Waals surface area contributed by atoms with Crippen LogP contribution >= 0.6 is 15.9 Å². The number of sulfone groups is 1.